The number of benzene rings is 2. The summed E-state index contributed by atoms with van der Waals surface area (Å²) in [5.41, 5.74) is 8.14. The Kier molecular flexibility index (Phi) is 4.24. The van der Waals surface area contributed by atoms with Gasteiger partial charge in [0.15, 0.2) is 0 Å². The number of hydrogen-bond donors (Lipinski definition) is 1. The monoisotopic (exact) mass is 304 g/mol. The first kappa shape index (κ1) is 14.5. The van der Waals surface area contributed by atoms with E-state index < -0.39 is 0 Å². The Bertz CT molecular complexity index is 617. The second-order valence-electron chi connectivity index (χ2n) is 5.62. The predicted octanol–water partition coefficient (Wildman–Crippen LogP) is 3.41. The molecule has 1 aliphatic rings. The number of halogens is 2. The summed E-state index contributed by atoms with van der Waals surface area (Å²) in [6.45, 7) is 2.40. The molecule has 0 aromatic heterocycles. The van der Waals surface area contributed by atoms with E-state index in [1.54, 1.807) is 12.1 Å². The van der Waals surface area contributed by atoms with Crippen molar-refractivity contribution in [3.8, 4) is 0 Å². The SMILES string of the molecule is N[C@H]1CN(Cc2ccccc2)C[C@@H]1c1ccc(Cl)cc1F. The molecule has 2 N–H and O–H groups in total. The second kappa shape index (κ2) is 6.14. The Balaban J connectivity index is 1.74. The normalized spacial score (nSPS) is 22.6. The van der Waals surface area contributed by atoms with Crippen molar-refractivity contribution in [1.29, 1.82) is 0 Å². The molecule has 2 aromatic carbocycles. The summed E-state index contributed by atoms with van der Waals surface area (Å²) in [6, 6.07) is 15.1. The minimum Gasteiger partial charge on any atom is -0.326 e. The van der Waals surface area contributed by atoms with Crippen LogP contribution in [-0.2, 0) is 6.54 Å². The Morgan fingerprint density at radius 2 is 1.90 bits per heavy atom. The summed E-state index contributed by atoms with van der Waals surface area (Å²) < 4.78 is 14.1. The highest BCUT2D eigenvalue weighted by atomic mass is 35.5. The maximum absolute atomic E-state index is 14.1. The summed E-state index contributed by atoms with van der Waals surface area (Å²) in [5, 5.41) is 0.420. The van der Waals surface area contributed by atoms with Crippen molar-refractivity contribution in [2.75, 3.05) is 13.1 Å². The molecule has 1 fully saturated rings. The Labute approximate surface area is 129 Å². The predicted molar refractivity (Wildman–Crippen MR) is 83.8 cm³/mol. The molecule has 1 saturated heterocycles. The van der Waals surface area contributed by atoms with Crippen molar-refractivity contribution in [1.82, 2.24) is 4.90 Å². The van der Waals surface area contributed by atoms with Crippen LogP contribution in [-0.4, -0.2) is 24.0 Å². The van der Waals surface area contributed by atoms with Gasteiger partial charge in [-0.3, -0.25) is 4.90 Å². The zero-order valence-electron chi connectivity index (χ0n) is 11.7. The lowest BCUT2D eigenvalue weighted by Gasteiger charge is -2.16. The Morgan fingerprint density at radius 1 is 1.14 bits per heavy atom. The minimum absolute atomic E-state index is 0.0194. The van der Waals surface area contributed by atoms with Gasteiger partial charge in [0.2, 0.25) is 0 Å². The zero-order chi connectivity index (χ0) is 14.8. The topological polar surface area (TPSA) is 29.3 Å². The number of likely N-dealkylation sites (tertiary alicyclic amines) is 1. The van der Waals surface area contributed by atoms with Gasteiger partial charge in [0.1, 0.15) is 5.82 Å². The van der Waals surface area contributed by atoms with E-state index in [4.69, 9.17) is 17.3 Å². The molecule has 1 aliphatic heterocycles. The molecule has 110 valence electrons. The van der Waals surface area contributed by atoms with Crippen molar-refractivity contribution < 1.29 is 4.39 Å². The van der Waals surface area contributed by atoms with Crippen LogP contribution in [0.1, 0.15) is 17.0 Å². The van der Waals surface area contributed by atoms with Crippen molar-refractivity contribution in [3.63, 3.8) is 0 Å². The van der Waals surface area contributed by atoms with Gasteiger partial charge in [-0.05, 0) is 23.3 Å². The smallest absolute Gasteiger partial charge is 0.128 e. The molecule has 0 saturated carbocycles. The first-order valence-corrected chi connectivity index (χ1v) is 7.48. The van der Waals surface area contributed by atoms with Crippen molar-refractivity contribution in [2.45, 2.75) is 18.5 Å². The molecule has 2 atom stereocenters. The summed E-state index contributed by atoms with van der Waals surface area (Å²) in [4.78, 5) is 2.28. The van der Waals surface area contributed by atoms with Crippen LogP contribution in [0.4, 0.5) is 4.39 Å². The van der Waals surface area contributed by atoms with E-state index in [1.165, 1.54) is 11.6 Å². The molecule has 1 heterocycles. The highest BCUT2D eigenvalue weighted by molar-refractivity contribution is 6.30. The van der Waals surface area contributed by atoms with Crippen LogP contribution in [0.25, 0.3) is 0 Å². The molecule has 0 bridgehead atoms. The zero-order valence-corrected chi connectivity index (χ0v) is 12.4. The van der Waals surface area contributed by atoms with Crippen molar-refractivity contribution in [3.05, 3.63) is 70.5 Å². The van der Waals surface area contributed by atoms with Gasteiger partial charge in [0.05, 0.1) is 0 Å². The fourth-order valence-corrected chi connectivity index (χ4v) is 3.17. The number of rotatable bonds is 3. The van der Waals surface area contributed by atoms with Crippen LogP contribution in [0.3, 0.4) is 0 Å². The van der Waals surface area contributed by atoms with Crippen LogP contribution in [0, 0.1) is 5.82 Å². The van der Waals surface area contributed by atoms with E-state index in [-0.39, 0.29) is 17.8 Å². The first-order valence-electron chi connectivity index (χ1n) is 7.10. The van der Waals surface area contributed by atoms with Crippen LogP contribution in [0.2, 0.25) is 5.02 Å². The van der Waals surface area contributed by atoms with Crippen LogP contribution in [0.5, 0.6) is 0 Å². The van der Waals surface area contributed by atoms with E-state index >= 15 is 0 Å². The van der Waals surface area contributed by atoms with Gasteiger partial charge in [-0.2, -0.15) is 0 Å². The van der Waals surface area contributed by atoms with E-state index in [9.17, 15) is 4.39 Å². The average molecular weight is 305 g/mol. The summed E-state index contributed by atoms with van der Waals surface area (Å²) in [7, 11) is 0. The third-order valence-corrected chi connectivity index (χ3v) is 4.29. The molecule has 0 amide bonds. The van der Waals surface area contributed by atoms with Gasteiger partial charge in [-0.25, -0.2) is 4.39 Å². The molecule has 2 nitrogen and oxygen atoms in total. The molecule has 0 aliphatic carbocycles. The summed E-state index contributed by atoms with van der Waals surface area (Å²) in [5.74, 6) is -0.240. The highest BCUT2D eigenvalue weighted by Gasteiger charge is 2.32. The highest BCUT2D eigenvalue weighted by Crippen LogP contribution is 2.30. The van der Waals surface area contributed by atoms with Gasteiger partial charge in [0, 0.05) is 36.6 Å². The van der Waals surface area contributed by atoms with Crippen LogP contribution in [0.15, 0.2) is 48.5 Å². The lowest BCUT2D eigenvalue weighted by Crippen LogP contribution is -2.29. The average Bonchev–Trinajstić information content (AvgIpc) is 2.80. The maximum Gasteiger partial charge on any atom is 0.128 e. The molecular weight excluding hydrogens is 287 g/mol. The standard InChI is InChI=1S/C17H18ClFN2/c18-13-6-7-14(16(19)8-13)15-10-21(11-17(15)20)9-12-4-2-1-3-5-12/h1-8,15,17H,9-11,20H2/t15-,17+/m1/s1. The summed E-state index contributed by atoms with van der Waals surface area (Å²) >= 11 is 5.81. The second-order valence-corrected chi connectivity index (χ2v) is 6.05. The van der Waals surface area contributed by atoms with E-state index in [0.29, 0.717) is 10.6 Å². The van der Waals surface area contributed by atoms with Crippen molar-refractivity contribution >= 4 is 11.6 Å². The summed E-state index contributed by atoms with van der Waals surface area (Å²) in [6.07, 6.45) is 0. The third-order valence-electron chi connectivity index (χ3n) is 4.05. The molecule has 21 heavy (non-hydrogen) atoms. The molecule has 0 spiro atoms. The Morgan fingerprint density at radius 3 is 2.62 bits per heavy atom. The maximum atomic E-state index is 14.1. The van der Waals surface area contributed by atoms with Gasteiger partial charge in [-0.15, -0.1) is 0 Å². The number of nitrogens with two attached hydrogens (primary N) is 1. The minimum atomic E-state index is -0.260. The fraction of sp³-hybridized carbons (Fsp3) is 0.294. The van der Waals surface area contributed by atoms with E-state index in [2.05, 4.69) is 17.0 Å². The Hall–Kier alpha value is -1.42. The largest absolute Gasteiger partial charge is 0.326 e. The molecule has 2 aromatic rings. The van der Waals surface area contributed by atoms with Gasteiger partial charge < -0.3 is 5.73 Å². The number of hydrogen-bond acceptors (Lipinski definition) is 2. The molecule has 0 radical (unpaired) electrons. The van der Waals surface area contributed by atoms with Crippen molar-refractivity contribution in [2.24, 2.45) is 5.73 Å². The third kappa shape index (κ3) is 3.26. The van der Waals surface area contributed by atoms with Gasteiger partial charge >= 0.3 is 0 Å². The van der Waals surface area contributed by atoms with Crippen LogP contribution < -0.4 is 5.73 Å². The molecule has 3 rings (SSSR count). The van der Waals surface area contributed by atoms with Gasteiger partial charge in [0.25, 0.3) is 0 Å². The van der Waals surface area contributed by atoms with E-state index in [0.717, 1.165) is 19.6 Å². The van der Waals surface area contributed by atoms with E-state index in [1.807, 2.05) is 18.2 Å². The van der Waals surface area contributed by atoms with Gasteiger partial charge in [-0.1, -0.05) is 48.0 Å². The number of nitrogens with zero attached hydrogens (tertiary/aromatic N) is 1. The lowest BCUT2D eigenvalue weighted by atomic mass is 9.94. The molecule has 4 heteroatoms. The molecular formula is C17H18ClFN2. The fourth-order valence-electron chi connectivity index (χ4n) is 3.02. The lowest BCUT2D eigenvalue weighted by molar-refractivity contribution is 0.323. The molecule has 0 unspecified atom stereocenters. The first-order chi connectivity index (χ1) is 10.1. The quantitative estimate of drug-likeness (QED) is 0.941. The van der Waals surface area contributed by atoms with Crippen LogP contribution >= 0.6 is 11.6 Å².